The van der Waals surface area contributed by atoms with Gasteiger partial charge >= 0.3 is 0 Å². The van der Waals surface area contributed by atoms with Crippen molar-refractivity contribution in [3.63, 3.8) is 0 Å². The summed E-state index contributed by atoms with van der Waals surface area (Å²) >= 11 is 0. The molecule has 130 valence electrons. The fraction of sp³-hybridized carbons (Fsp3) is 0.111. The number of rotatable bonds is 4. The highest BCUT2D eigenvalue weighted by Gasteiger charge is 2.13. The molecule has 0 unspecified atom stereocenters. The monoisotopic (exact) mass is 350 g/mol. The van der Waals surface area contributed by atoms with Crippen molar-refractivity contribution in [1.29, 1.82) is 0 Å². The molecule has 4 rings (SSSR count). The number of aromatic nitrogens is 6. The Balaban J connectivity index is 1.69. The molecule has 4 aromatic rings. The first kappa shape index (κ1) is 15.9. The zero-order chi connectivity index (χ0) is 18.1. The number of hydrogen-bond donors (Lipinski definition) is 1. The maximum absolute atomic E-state index is 13.1. The van der Waals surface area contributed by atoms with Crippen LogP contribution in [0.1, 0.15) is 5.69 Å². The van der Waals surface area contributed by atoms with Crippen LogP contribution in [0.15, 0.2) is 48.9 Å². The highest BCUT2D eigenvalue weighted by molar-refractivity contribution is 5.60. The summed E-state index contributed by atoms with van der Waals surface area (Å²) in [6.07, 6.45) is 3.59. The summed E-state index contributed by atoms with van der Waals surface area (Å²) in [4.78, 5) is 13.2. The third-order valence-electron chi connectivity index (χ3n) is 3.85. The summed E-state index contributed by atoms with van der Waals surface area (Å²) in [5.41, 5.74) is 2.97. The van der Waals surface area contributed by atoms with Gasteiger partial charge < -0.3 is 9.30 Å². The van der Waals surface area contributed by atoms with E-state index in [0.29, 0.717) is 28.8 Å². The van der Waals surface area contributed by atoms with Gasteiger partial charge in [0.15, 0.2) is 11.6 Å². The van der Waals surface area contributed by atoms with Crippen molar-refractivity contribution >= 4 is 0 Å². The lowest BCUT2D eigenvalue weighted by Crippen LogP contribution is -1.99. The lowest BCUT2D eigenvalue weighted by atomic mass is 10.2. The van der Waals surface area contributed by atoms with E-state index in [4.69, 9.17) is 4.74 Å². The van der Waals surface area contributed by atoms with Crippen molar-refractivity contribution in [2.24, 2.45) is 0 Å². The molecule has 1 aromatic carbocycles. The van der Waals surface area contributed by atoms with E-state index in [9.17, 15) is 4.39 Å². The van der Waals surface area contributed by atoms with Gasteiger partial charge in [-0.15, -0.1) is 0 Å². The molecule has 3 heterocycles. The van der Waals surface area contributed by atoms with Gasteiger partial charge in [-0.05, 0) is 43.3 Å². The number of benzene rings is 1. The van der Waals surface area contributed by atoms with E-state index in [0.717, 1.165) is 11.4 Å². The number of aromatic amines is 1. The third kappa shape index (κ3) is 2.92. The van der Waals surface area contributed by atoms with Crippen molar-refractivity contribution in [3.05, 3.63) is 60.4 Å². The summed E-state index contributed by atoms with van der Waals surface area (Å²) in [6, 6.07) is 9.69. The molecule has 0 aliphatic rings. The minimum atomic E-state index is -0.304. The Bertz CT molecular complexity index is 1050. The van der Waals surface area contributed by atoms with Crippen LogP contribution in [-0.4, -0.2) is 36.8 Å². The molecule has 3 aromatic heterocycles. The number of ether oxygens (including phenoxy) is 1. The lowest BCUT2D eigenvalue weighted by Gasteiger charge is -2.08. The van der Waals surface area contributed by atoms with E-state index in [1.54, 1.807) is 25.6 Å². The number of H-pyrrole nitrogens is 1. The first-order valence-corrected chi connectivity index (χ1v) is 7.89. The molecular weight excluding hydrogens is 335 g/mol. The van der Waals surface area contributed by atoms with E-state index in [1.807, 2.05) is 29.8 Å². The number of imidazole rings is 1. The SMILES string of the molecule is COc1nc(-c2nc(-c3ccc(F)cc3)n[nH]2)ccc1-n1cnc(C)c1. The zero-order valence-corrected chi connectivity index (χ0v) is 14.1. The molecule has 0 aliphatic heterocycles. The van der Waals surface area contributed by atoms with Crippen LogP contribution < -0.4 is 4.74 Å². The van der Waals surface area contributed by atoms with Gasteiger partial charge in [-0.2, -0.15) is 5.10 Å². The molecule has 0 aliphatic carbocycles. The van der Waals surface area contributed by atoms with Crippen molar-refractivity contribution in [1.82, 2.24) is 29.7 Å². The second kappa shape index (κ2) is 6.40. The van der Waals surface area contributed by atoms with Crippen LogP contribution >= 0.6 is 0 Å². The highest BCUT2D eigenvalue weighted by atomic mass is 19.1. The fourth-order valence-corrected chi connectivity index (χ4v) is 2.57. The molecule has 1 N–H and O–H groups in total. The standard InChI is InChI=1S/C18H15FN6O/c1-11-9-25(10-20-11)15-8-7-14(21-18(15)26-2)17-22-16(23-24-17)12-3-5-13(19)6-4-12/h3-10H,1-2H3,(H,22,23,24). The lowest BCUT2D eigenvalue weighted by molar-refractivity contribution is 0.396. The van der Waals surface area contributed by atoms with E-state index in [1.165, 1.54) is 12.1 Å². The minimum absolute atomic E-state index is 0.304. The van der Waals surface area contributed by atoms with Crippen molar-refractivity contribution in [2.75, 3.05) is 7.11 Å². The maximum atomic E-state index is 13.1. The van der Waals surface area contributed by atoms with Gasteiger partial charge in [0, 0.05) is 11.8 Å². The number of nitrogens with one attached hydrogen (secondary N) is 1. The Morgan fingerprint density at radius 1 is 1.08 bits per heavy atom. The number of halogens is 1. The molecule has 0 atom stereocenters. The van der Waals surface area contributed by atoms with Crippen LogP contribution in [0, 0.1) is 12.7 Å². The molecule has 0 saturated heterocycles. The Morgan fingerprint density at radius 2 is 1.88 bits per heavy atom. The van der Waals surface area contributed by atoms with Crippen LogP contribution in [-0.2, 0) is 0 Å². The Labute approximate surface area is 148 Å². The average Bonchev–Trinajstić information content (AvgIpc) is 3.31. The van der Waals surface area contributed by atoms with Gasteiger partial charge in [-0.1, -0.05) is 0 Å². The summed E-state index contributed by atoms with van der Waals surface area (Å²) in [5, 5.41) is 7.04. The molecule has 0 bridgehead atoms. The predicted molar refractivity (Wildman–Crippen MR) is 93.4 cm³/mol. The van der Waals surface area contributed by atoms with E-state index >= 15 is 0 Å². The summed E-state index contributed by atoms with van der Waals surface area (Å²) in [5.74, 6) is 1.10. The predicted octanol–water partition coefficient (Wildman–Crippen LogP) is 3.18. The average molecular weight is 350 g/mol. The summed E-state index contributed by atoms with van der Waals surface area (Å²) in [6.45, 7) is 1.91. The minimum Gasteiger partial charge on any atom is -0.479 e. The first-order valence-electron chi connectivity index (χ1n) is 7.89. The number of methoxy groups -OCH3 is 1. The van der Waals surface area contributed by atoms with Gasteiger partial charge in [0.2, 0.25) is 5.88 Å². The Kier molecular flexibility index (Phi) is 3.92. The molecule has 8 heteroatoms. The molecule has 0 amide bonds. The van der Waals surface area contributed by atoms with Gasteiger partial charge in [0.25, 0.3) is 0 Å². The van der Waals surface area contributed by atoms with Crippen LogP contribution in [0.3, 0.4) is 0 Å². The second-order valence-electron chi connectivity index (χ2n) is 5.66. The maximum Gasteiger partial charge on any atom is 0.238 e. The second-order valence-corrected chi connectivity index (χ2v) is 5.66. The van der Waals surface area contributed by atoms with E-state index < -0.39 is 0 Å². The van der Waals surface area contributed by atoms with Crippen LogP contribution in [0.2, 0.25) is 0 Å². The topological polar surface area (TPSA) is 81.5 Å². The molecule has 0 spiro atoms. The zero-order valence-electron chi connectivity index (χ0n) is 14.1. The quantitative estimate of drug-likeness (QED) is 0.611. The van der Waals surface area contributed by atoms with Crippen molar-refractivity contribution < 1.29 is 9.13 Å². The molecule has 7 nitrogen and oxygen atoms in total. The third-order valence-corrected chi connectivity index (χ3v) is 3.85. The fourth-order valence-electron chi connectivity index (χ4n) is 2.57. The smallest absolute Gasteiger partial charge is 0.238 e. The van der Waals surface area contributed by atoms with Crippen LogP contribution in [0.4, 0.5) is 4.39 Å². The van der Waals surface area contributed by atoms with Crippen molar-refractivity contribution in [3.8, 4) is 34.5 Å². The Hall–Kier alpha value is -3.55. The van der Waals surface area contributed by atoms with Gasteiger partial charge in [-0.25, -0.2) is 19.3 Å². The number of aryl methyl sites for hydroxylation is 1. The summed E-state index contributed by atoms with van der Waals surface area (Å²) < 4.78 is 20.3. The molecule has 0 radical (unpaired) electrons. The number of hydrogen-bond acceptors (Lipinski definition) is 5. The van der Waals surface area contributed by atoms with Gasteiger partial charge in [-0.3, -0.25) is 5.10 Å². The van der Waals surface area contributed by atoms with Gasteiger partial charge in [0.1, 0.15) is 17.2 Å². The van der Waals surface area contributed by atoms with Crippen LogP contribution in [0.5, 0.6) is 5.88 Å². The van der Waals surface area contributed by atoms with Crippen molar-refractivity contribution in [2.45, 2.75) is 6.92 Å². The van der Waals surface area contributed by atoms with E-state index in [-0.39, 0.29) is 5.82 Å². The number of pyridine rings is 1. The molecule has 0 saturated carbocycles. The van der Waals surface area contributed by atoms with Gasteiger partial charge in [0.05, 0.1) is 19.1 Å². The molecule has 26 heavy (non-hydrogen) atoms. The molecular formula is C18H15FN6O. The summed E-state index contributed by atoms with van der Waals surface area (Å²) in [7, 11) is 1.56. The molecule has 0 fully saturated rings. The number of nitrogens with zero attached hydrogens (tertiary/aromatic N) is 5. The largest absolute Gasteiger partial charge is 0.479 e. The first-order chi connectivity index (χ1) is 12.6. The highest BCUT2D eigenvalue weighted by Crippen LogP contribution is 2.25. The normalized spacial score (nSPS) is 10.9. The van der Waals surface area contributed by atoms with E-state index in [2.05, 4.69) is 25.1 Å². The van der Waals surface area contributed by atoms with Crippen LogP contribution in [0.25, 0.3) is 28.6 Å². The Morgan fingerprint density at radius 3 is 2.58 bits per heavy atom.